The highest BCUT2D eigenvalue weighted by Gasteiger charge is 2.15. The van der Waals surface area contributed by atoms with Gasteiger partial charge in [0.15, 0.2) is 18.1 Å². The molecule has 3 aromatic rings. The molecule has 7 nitrogen and oxygen atoms in total. The Kier molecular flexibility index (Phi) is 8.90. The van der Waals surface area contributed by atoms with Crippen molar-refractivity contribution in [1.29, 1.82) is 5.26 Å². The number of benzene rings is 3. The van der Waals surface area contributed by atoms with Crippen molar-refractivity contribution in [2.45, 2.75) is 0 Å². The third kappa shape index (κ3) is 6.97. The first-order valence-corrected chi connectivity index (χ1v) is 11.4. The largest absolute Gasteiger partial charge is 0.493 e. The molecule has 0 aliphatic rings. The molecular weight excluding hydrogens is 569 g/mol. The van der Waals surface area contributed by atoms with Crippen LogP contribution in [0.3, 0.4) is 0 Å². The van der Waals surface area contributed by atoms with Crippen LogP contribution in [0.25, 0.3) is 6.08 Å². The number of nitrogens with zero attached hydrogens (tertiary/aromatic N) is 1. The summed E-state index contributed by atoms with van der Waals surface area (Å²) in [5, 5.41) is 15.5. The van der Waals surface area contributed by atoms with Crippen molar-refractivity contribution in [3.8, 4) is 17.6 Å². The van der Waals surface area contributed by atoms with E-state index in [2.05, 4.69) is 10.6 Å². The number of para-hydroxylation sites is 1. The number of methoxy groups -OCH3 is 1. The van der Waals surface area contributed by atoms with E-state index in [0.717, 1.165) is 0 Å². The van der Waals surface area contributed by atoms with Gasteiger partial charge in [-0.15, -0.1) is 0 Å². The predicted molar refractivity (Wildman–Crippen MR) is 140 cm³/mol. The van der Waals surface area contributed by atoms with Gasteiger partial charge in [-0.1, -0.05) is 29.8 Å². The first kappa shape index (κ1) is 25.1. The van der Waals surface area contributed by atoms with E-state index in [9.17, 15) is 14.9 Å². The molecule has 0 saturated carbocycles. The van der Waals surface area contributed by atoms with Gasteiger partial charge in [-0.05, 0) is 82.8 Å². The van der Waals surface area contributed by atoms with Crippen LogP contribution in [0.4, 0.5) is 11.4 Å². The average molecular weight is 588 g/mol. The van der Waals surface area contributed by atoms with E-state index in [1.54, 1.807) is 60.7 Å². The molecule has 0 aromatic heterocycles. The molecule has 0 fully saturated rings. The van der Waals surface area contributed by atoms with Gasteiger partial charge in [0.05, 0.1) is 10.7 Å². The smallest absolute Gasteiger partial charge is 0.266 e. The Morgan fingerprint density at radius 2 is 1.74 bits per heavy atom. The molecule has 172 valence electrons. The summed E-state index contributed by atoms with van der Waals surface area (Å²) < 4.78 is 11.7. The van der Waals surface area contributed by atoms with E-state index < -0.39 is 5.91 Å². The molecule has 0 aliphatic carbocycles. The molecule has 0 radical (unpaired) electrons. The third-order valence-electron chi connectivity index (χ3n) is 4.44. The first-order chi connectivity index (χ1) is 16.4. The van der Waals surface area contributed by atoms with Crippen LogP contribution in [0.1, 0.15) is 5.56 Å². The van der Waals surface area contributed by atoms with Gasteiger partial charge in [0.2, 0.25) is 0 Å². The zero-order chi connectivity index (χ0) is 24.5. The molecule has 3 rings (SSSR count). The summed E-state index contributed by atoms with van der Waals surface area (Å²) in [4.78, 5) is 24.7. The van der Waals surface area contributed by atoms with Crippen LogP contribution in [0.5, 0.6) is 11.5 Å². The maximum absolute atomic E-state index is 12.5. The van der Waals surface area contributed by atoms with Gasteiger partial charge in [-0.25, -0.2) is 0 Å². The molecule has 0 spiro atoms. The van der Waals surface area contributed by atoms with Crippen LogP contribution in [0.15, 0.2) is 72.3 Å². The monoisotopic (exact) mass is 587 g/mol. The minimum Gasteiger partial charge on any atom is -0.493 e. The van der Waals surface area contributed by atoms with Gasteiger partial charge in [0.1, 0.15) is 11.6 Å². The second-order valence-corrected chi connectivity index (χ2v) is 8.47. The highest BCUT2D eigenvalue weighted by molar-refractivity contribution is 14.1. The lowest BCUT2D eigenvalue weighted by atomic mass is 10.1. The Morgan fingerprint density at radius 1 is 1.06 bits per heavy atom. The third-order valence-corrected chi connectivity index (χ3v) is 5.49. The zero-order valence-electron chi connectivity index (χ0n) is 18.0. The number of nitrogens with one attached hydrogen (secondary N) is 2. The van der Waals surface area contributed by atoms with E-state index in [4.69, 9.17) is 21.1 Å². The average Bonchev–Trinajstić information content (AvgIpc) is 2.83. The lowest BCUT2D eigenvalue weighted by molar-refractivity contribution is -0.118. The van der Waals surface area contributed by atoms with Crippen molar-refractivity contribution in [3.05, 3.63) is 86.5 Å². The molecule has 2 amide bonds. The lowest BCUT2D eigenvalue weighted by Crippen LogP contribution is -2.20. The van der Waals surface area contributed by atoms with Crippen molar-refractivity contribution < 1.29 is 19.1 Å². The van der Waals surface area contributed by atoms with Crippen molar-refractivity contribution in [3.63, 3.8) is 0 Å². The molecular formula is C25H19ClIN3O4. The fourth-order valence-electron chi connectivity index (χ4n) is 2.87. The van der Waals surface area contributed by atoms with Gasteiger partial charge >= 0.3 is 0 Å². The fraction of sp³-hybridized carbons (Fsp3) is 0.0800. The van der Waals surface area contributed by atoms with Crippen LogP contribution < -0.4 is 20.1 Å². The van der Waals surface area contributed by atoms with E-state index in [1.807, 2.05) is 34.7 Å². The van der Waals surface area contributed by atoms with E-state index >= 15 is 0 Å². The molecule has 34 heavy (non-hydrogen) atoms. The fourth-order valence-corrected chi connectivity index (χ4v) is 3.77. The van der Waals surface area contributed by atoms with Gasteiger partial charge in [0, 0.05) is 16.4 Å². The van der Waals surface area contributed by atoms with Crippen molar-refractivity contribution in [2.75, 3.05) is 24.4 Å². The number of hydrogen-bond acceptors (Lipinski definition) is 5. The molecule has 0 heterocycles. The minimum absolute atomic E-state index is 0.0716. The number of rotatable bonds is 8. The Labute approximate surface area is 215 Å². The maximum Gasteiger partial charge on any atom is 0.266 e. The Bertz CT molecular complexity index is 1260. The molecule has 0 atom stereocenters. The number of ether oxygens (including phenoxy) is 2. The van der Waals surface area contributed by atoms with Crippen LogP contribution in [-0.4, -0.2) is 25.5 Å². The molecule has 0 bridgehead atoms. The second-order valence-electron chi connectivity index (χ2n) is 6.87. The van der Waals surface area contributed by atoms with Crippen LogP contribution >= 0.6 is 34.2 Å². The number of amides is 2. The number of hydrogen-bond donors (Lipinski definition) is 2. The Balaban J connectivity index is 1.72. The minimum atomic E-state index is -0.526. The maximum atomic E-state index is 12.5. The van der Waals surface area contributed by atoms with Crippen molar-refractivity contribution in [1.82, 2.24) is 0 Å². The zero-order valence-corrected chi connectivity index (χ0v) is 20.9. The summed E-state index contributed by atoms with van der Waals surface area (Å²) in [5.41, 5.74) is 1.68. The topological polar surface area (TPSA) is 100 Å². The van der Waals surface area contributed by atoms with Crippen LogP contribution in [0, 0.1) is 14.9 Å². The van der Waals surface area contributed by atoms with Crippen LogP contribution in [-0.2, 0) is 9.59 Å². The number of halogens is 2. The molecule has 0 unspecified atom stereocenters. The van der Waals surface area contributed by atoms with Gasteiger partial charge in [0.25, 0.3) is 11.8 Å². The van der Waals surface area contributed by atoms with Gasteiger partial charge in [-0.2, -0.15) is 5.26 Å². The van der Waals surface area contributed by atoms with Crippen LogP contribution in [0.2, 0.25) is 5.02 Å². The summed E-state index contributed by atoms with van der Waals surface area (Å²) >= 11 is 7.89. The Hall–Kier alpha value is -3.55. The molecule has 9 heteroatoms. The molecule has 0 aliphatic heterocycles. The number of nitriles is 1. The van der Waals surface area contributed by atoms with Gasteiger partial charge < -0.3 is 20.1 Å². The van der Waals surface area contributed by atoms with Crippen molar-refractivity contribution >= 4 is 63.5 Å². The first-order valence-electron chi connectivity index (χ1n) is 9.93. The highest BCUT2D eigenvalue weighted by atomic mass is 127. The van der Waals surface area contributed by atoms with Crippen molar-refractivity contribution in [2.24, 2.45) is 0 Å². The van der Waals surface area contributed by atoms with Gasteiger partial charge in [-0.3, -0.25) is 9.59 Å². The normalized spacial score (nSPS) is 10.7. The highest BCUT2D eigenvalue weighted by Crippen LogP contribution is 2.34. The summed E-state index contributed by atoms with van der Waals surface area (Å²) in [6.45, 7) is -0.243. The lowest BCUT2D eigenvalue weighted by Gasteiger charge is -2.14. The predicted octanol–water partition coefficient (Wildman–Crippen LogP) is 5.52. The molecule has 2 N–H and O–H groups in total. The SMILES string of the molecule is COc1cc(/C=C(\C#N)C(=O)Nc2ccccc2)cc(I)c1OCC(=O)Nc1ccc(Cl)cc1. The Morgan fingerprint density at radius 3 is 2.38 bits per heavy atom. The molecule has 0 saturated heterocycles. The summed E-state index contributed by atoms with van der Waals surface area (Å²) in [6.07, 6.45) is 1.46. The van der Waals surface area contributed by atoms with E-state index in [0.29, 0.717) is 37.0 Å². The summed E-state index contributed by atoms with van der Waals surface area (Å²) in [6, 6.07) is 20.9. The quantitative estimate of drug-likeness (QED) is 0.206. The molecule has 3 aromatic carbocycles. The number of carbonyl (C=O) groups is 2. The standard InChI is InChI=1S/C25H19ClIN3O4/c1-33-22-13-16(11-17(14-28)25(32)30-19-5-3-2-4-6-19)12-21(27)24(22)34-15-23(31)29-20-9-7-18(26)8-10-20/h2-13H,15H2,1H3,(H,29,31)(H,30,32)/b17-11+. The van der Waals surface area contributed by atoms with E-state index in [-0.39, 0.29) is 18.1 Å². The summed E-state index contributed by atoms with van der Waals surface area (Å²) in [5.74, 6) is -0.146. The summed E-state index contributed by atoms with van der Waals surface area (Å²) in [7, 11) is 1.47. The van der Waals surface area contributed by atoms with E-state index in [1.165, 1.54) is 13.2 Å². The number of anilines is 2. The second kappa shape index (κ2) is 12.1. The number of carbonyl (C=O) groups excluding carboxylic acids is 2.